The Morgan fingerprint density at radius 1 is 0.929 bits per heavy atom. The van der Waals surface area contributed by atoms with Gasteiger partial charge in [0.2, 0.25) is 11.8 Å². The third kappa shape index (κ3) is 4.24. The van der Waals surface area contributed by atoms with Gasteiger partial charge in [-0.3, -0.25) is 14.6 Å². The first-order chi connectivity index (χ1) is 13.6. The molecule has 4 rings (SSSR count). The molecule has 0 saturated carbocycles. The number of carbonyl (C=O) groups excluding carboxylic acids is 2. The smallest absolute Gasteiger partial charge is 0.226 e. The number of aromatic nitrogens is 1. The second-order valence-electron chi connectivity index (χ2n) is 8.14. The number of pyridine rings is 1. The lowest BCUT2D eigenvalue weighted by Gasteiger charge is -2.46. The summed E-state index contributed by atoms with van der Waals surface area (Å²) in [5, 5.41) is 0. The van der Waals surface area contributed by atoms with Gasteiger partial charge in [0, 0.05) is 45.0 Å². The molecule has 0 bridgehead atoms. The van der Waals surface area contributed by atoms with Crippen LogP contribution in [0.5, 0.6) is 0 Å². The maximum atomic E-state index is 12.8. The van der Waals surface area contributed by atoms with Crippen LogP contribution in [-0.2, 0) is 22.6 Å². The largest absolute Gasteiger partial charge is 0.342 e. The topological polar surface area (TPSA) is 53.5 Å². The van der Waals surface area contributed by atoms with Crippen LogP contribution in [0.25, 0.3) is 0 Å². The number of amides is 2. The Morgan fingerprint density at radius 3 is 2.29 bits per heavy atom. The zero-order valence-electron chi connectivity index (χ0n) is 16.2. The maximum Gasteiger partial charge on any atom is 0.226 e. The van der Waals surface area contributed by atoms with Crippen molar-refractivity contribution in [2.45, 2.75) is 38.6 Å². The Balaban J connectivity index is 1.30. The van der Waals surface area contributed by atoms with Crippen LogP contribution in [0.2, 0.25) is 0 Å². The lowest BCUT2D eigenvalue weighted by atomic mass is 9.71. The molecule has 1 spiro atoms. The fourth-order valence-electron chi connectivity index (χ4n) is 4.43. The highest BCUT2D eigenvalue weighted by molar-refractivity contribution is 5.79. The molecule has 0 atom stereocenters. The van der Waals surface area contributed by atoms with E-state index >= 15 is 0 Å². The van der Waals surface area contributed by atoms with Crippen LogP contribution in [0.3, 0.4) is 0 Å². The molecule has 2 amide bonds. The highest BCUT2D eigenvalue weighted by Gasteiger charge is 2.41. The van der Waals surface area contributed by atoms with Crippen LogP contribution in [0, 0.1) is 5.41 Å². The number of hydrogen-bond donors (Lipinski definition) is 0. The lowest BCUT2D eigenvalue weighted by Crippen LogP contribution is -2.50. The predicted molar refractivity (Wildman–Crippen MR) is 107 cm³/mol. The SMILES string of the molecule is O=C(Cc1ccccc1)N1CCC2(CC1)CCN(Cc1ccncc1)C(=O)C2. The molecule has 146 valence electrons. The Kier molecular flexibility index (Phi) is 5.42. The number of benzene rings is 1. The third-order valence-corrected chi connectivity index (χ3v) is 6.29. The van der Waals surface area contributed by atoms with E-state index in [9.17, 15) is 9.59 Å². The number of hydrogen-bond acceptors (Lipinski definition) is 3. The zero-order valence-corrected chi connectivity index (χ0v) is 16.2. The summed E-state index contributed by atoms with van der Waals surface area (Å²) >= 11 is 0. The fourth-order valence-corrected chi connectivity index (χ4v) is 4.43. The van der Waals surface area contributed by atoms with Crippen LogP contribution in [0.4, 0.5) is 0 Å². The molecule has 2 aliphatic heterocycles. The molecule has 0 N–H and O–H groups in total. The van der Waals surface area contributed by atoms with E-state index < -0.39 is 0 Å². The summed E-state index contributed by atoms with van der Waals surface area (Å²) in [6, 6.07) is 13.8. The summed E-state index contributed by atoms with van der Waals surface area (Å²) in [6.45, 7) is 3.00. The minimum atomic E-state index is 0.0787. The normalized spacial score (nSPS) is 19.1. The monoisotopic (exact) mass is 377 g/mol. The molecule has 0 radical (unpaired) electrons. The molecule has 2 fully saturated rings. The van der Waals surface area contributed by atoms with Crippen LogP contribution in [0.15, 0.2) is 54.9 Å². The minimum absolute atomic E-state index is 0.0787. The van der Waals surface area contributed by atoms with Gasteiger partial charge < -0.3 is 9.80 Å². The average Bonchev–Trinajstić information content (AvgIpc) is 2.72. The molecule has 2 saturated heterocycles. The van der Waals surface area contributed by atoms with Crippen molar-refractivity contribution in [1.29, 1.82) is 0 Å². The number of rotatable bonds is 4. The van der Waals surface area contributed by atoms with E-state index in [1.54, 1.807) is 12.4 Å². The van der Waals surface area contributed by atoms with Crippen LogP contribution < -0.4 is 0 Å². The van der Waals surface area contributed by atoms with Gasteiger partial charge in [-0.1, -0.05) is 30.3 Å². The van der Waals surface area contributed by atoms with Gasteiger partial charge in [-0.25, -0.2) is 0 Å². The Morgan fingerprint density at radius 2 is 1.61 bits per heavy atom. The number of likely N-dealkylation sites (tertiary alicyclic amines) is 2. The number of nitrogens with zero attached hydrogens (tertiary/aromatic N) is 3. The zero-order chi connectivity index (χ0) is 19.4. The van der Waals surface area contributed by atoms with Crippen molar-refractivity contribution in [3.8, 4) is 0 Å². The van der Waals surface area contributed by atoms with Gasteiger partial charge in [0.05, 0.1) is 6.42 Å². The molecule has 5 heteroatoms. The number of carbonyl (C=O) groups is 2. The molecule has 2 aromatic rings. The summed E-state index contributed by atoms with van der Waals surface area (Å²) in [6.07, 6.45) is 7.52. The number of piperidine rings is 2. The lowest BCUT2D eigenvalue weighted by molar-refractivity contribution is -0.142. The summed E-state index contributed by atoms with van der Waals surface area (Å²) in [5.74, 6) is 0.439. The molecule has 28 heavy (non-hydrogen) atoms. The standard InChI is InChI=1S/C23H27N3O2/c27-21(16-19-4-2-1-3-5-19)25-13-8-23(9-14-25)10-15-26(22(28)17-23)18-20-6-11-24-12-7-20/h1-7,11-12H,8-10,13-18H2. The Labute approximate surface area is 166 Å². The summed E-state index contributed by atoms with van der Waals surface area (Å²) in [4.78, 5) is 33.3. The molecule has 3 heterocycles. The van der Waals surface area contributed by atoms with Crippen LogP contribution in [0.1, 0.15) is 36.8 Å². The first-order valence-electron chi connectivity index (χ1n) is 10.1. The molecule has 0 unspecified atom stereocenters. The van der Waals surface area contributed by atoms with E-state index in [0.717, 1.165) is 50.0 Å². The van der Waals surface area contributed by atoms with Gasteiger partial charge in [-0.05, 0) is 47.9 Å². The molecular formula is C23H27N3O2. The van der Waals surface area contributed by atoms with Gasteiger partial charge in [0.25, 0.3) is 0 Å². The first kappa shape index (κ1) is 18.7. The fraction of sp³-hybridized carbons (Fsp3) is 0.435. The van der Waals surface area contributed by atoms with Gasteiger partial charge in [-0.15, -0.1) is 0 Å². The summed E-state index contributed by atoms with van der Waals surface area (Å²) in [5.41, 5.74) is 2.27. The van der Waals surface area contributed by atoms with E-state index in [1.165, 1.54) is 0 Å². The van der Waals surface area contributed by atoms with Crippen molar-refractivity contribution >= 4 is 11.8 Å². The second-order valence-corrected chi connectivity index (χ2v) is 8.14. The maximum absolute atomic E-state index is 12.8. The van der Waals surface area contributed by atoms with E-state index in [0.29, 0.717) is 19.4 Å². The van der Waals surface area contributed by atoms with E-state index in [4.69, 9.17) is 0 Å². The van der Waals surface area contributed by atoms with Gasteiger partial charge >= 0.3 is 0 Å². The van der Waals surface area contributed by atoms with Crippen molar-refractivity contribution in [2.75, 3.05) is 19.6 Å². The van der Waals surface area contributed by atoms with E-state index in [2.05, 4.69) is 4.98 Å². The molecular weight excluding hydrogens is 350 g/mol. The van der Waals surface area contributed by atoms with Gasteiger partial charge in [-0.2, -0.15) is 0 Å². The molecule has 1 aromatic carbocycles. The quantitative estimate of drug-likeness (QED) is 0.823. The highest BCUT2D eigenvalue weighted by atomic mass is 16.2. The molecule has 5 nitrogen and oxygen atoms in total. The molecule has 2 aliphatic rings. The third-order valence-electron chi connectivity index (χ3n) is 6.29. The van der Waals surface area contributed by atoms with E-state index in [-0.39, 0.29) is 17.2 Å². The van der Waals surface area contributed by atoms with E-state index in [1.807, 2.05) is 52.3 Å². The second kappa shape index (κ2) is 8.13. The van der Waals surface area contributed by atoms with Gasteiger partial charge in [0.1, 0.15) is 0 Å². The molecule has 0 aliphatic carbocycles. The first-order valence-corrected chi connectivity index (χ1v) is 10.1. The average molecular weight is 377 g/mol. The van der Waals surface area contributed by atoms with Crippen LogP contribution in [-0.4, -0.2) is 46.2 Å². The van der Waals surface area contributed by atoms with Crippen molar-refractivity contribution < 1.29 is 9.59 Å². The highest BCUT2D eigenvalue weighted by Crippen LogP contribution is 2.42. The summed E-state index contributed by atoms with van der Waals surface area (Å²) in [7, 11) is 0. The van der Waals surface area contributed by atoms with Crippen molar-refractivity contribution in [3.63, 3.8) is 0 Å². The Hall–Kier alpha value is -2.69. The van der Waals surface area contributed by atoms with Crippen molar-refractivity contribution in [1.82, 2.24) is 14.8 Å². The molecule has 1 aromatic heterocycles. The van der Waals surface area contributed by atoms with Crippen LogP contribution >= 0.6 is 0 Å². The van der Waals surface area contributed by atoms with Gasteiger partial charge in [0.15, 0.2) is 0 Å². The minimum Gasteiger partial charge on any atom is -0.342 e. The predicted octanol–water partition coefficient (Wildman–Crippen LogP) is 3.06. The summed E-state index contributed by atoms with van der Waals surface area (Å²) < 4.78 is 0. The van der Waals surface area contributed by atoms with Crippen molar-refractivity contribution in [3.05, 3.63) is 66.0 Å². The Bertz CT molecular complexity index is 814. The van der Waals surface area contributed by atoms with Crippen molar-refractivity contribution in [2.24, 2.45) is 5.41 Å².